The number of amides is 2. The van der Waals surface area contributed by atoms with E-state index in [0.29, 0.717) is 15.8 Å². The minimum atomic E-state index is -0.217. The van der Waals surface area contributed by atoms with E-state index < -0.39 is 0 Å². The standard InChI is InChI=1S/C16H17BrN2O2S2/c1-2-3-7-18-14(20)10-19-15(21)13(23-16(19)22)9-11-5-4-6-12(17)8-11/h4-6,8-9H,2-3,7,10H2,1H3,(H,18,20). The number of hydrogen-bond donors (Lipinski definition) is 1. The molecule has 0 radical (unpaired) electrons. The summed E-state index contributed by atoms with van der Waals surface area (Å²) in [6.45, 7) is 2.66. The average molecular weight is 413 g/mol. The summed E-state index contributed by atoms with van der Waals surface area (Å²) in [4.78, 5) is 26.2. The van der Waals surface area contributed by atoms with Crippen molar-refractivity contribution in [2.75, 3.05) is 13.1 Å². The Kier molecular flexibility index (Phi) is 6.80. The van der Waals surface area contributed by atoms with Crippen molar-refractivity contribution in [2.45, 2.75) is 19.8 Å². The topological polar surface area (TPSA) is 49.4 Å². The van der Waals surface area contributed by atoms with Crippen LogP contribution in [0.2, 0.25) is 0 Å². The zero-order chi connectivity index (χ0) is 16.8. The second-order valence-corrected chi connectivity index (χ2v) is 7.62. The molecule has 122 valence electrons. The molecule has 23 heavy (non-hydrogen) atoms. The highest BCUT2D eigenvalue weighted by atomic mass is 79.9. The third kappa shape index (κ3) is 5.16. The van der Waals surface area contributed by atoms with Crippen LogP contribution in [0, 0.1) is 0 Å². The maximum atomic E-state index is 12.4. The van der Waals surface area contributed by atoms with Crippen molar-refractivity contribution in [2.24, 2.45) is 0 Å². The lowest BCUT2D eigenvalue weighted by atomic mass is 10.2. The summed E-state index contributed by atoms with van der Waals surface area (Å²) in [5, 5.41) is 2.80. The zero-order valence-electron chi connectivity index (χ0n) is 12.7. The van der Waals surface area contributed by atoms with Crippen LogP contribution >= 0.6 is 39.9 Å². The summed E-state index contributed by atoms with van der Waals surface area (Å²) >= 11 is 9.86. The Labute approximate surface area is 153 Å². The second-order valence-electron chi connectivity index (χ2n) is 5.03. The highest BCUT2D eigenvalue weighted by Crippen LogP contribution is 2.32. The Balaban J connectivity index is 2.03. The van der Waals surface area contributed by atoms with Gasteiger partial charge in [0.25, 0.3) is 5.91 Å². The molecule has 0 bridgehead atoms. The normalized spacial score (nSPS) is 16.3. The summed E-state index contributed by atoms with van der Waals surface area (Å²) < 4.78 is 1.36. The van der Waals surface area contributed by atoms with E-state index in [4.69, 9.17) is 12.2 Å². The molecule has 0 unspecified atom stereocenters. The summed E-state index contributed by atoms with van der Waals surface area (Å²) in [5.41, 5.74) is 0.910. The van der Waals surface area contributed by atoms with Gasteiger partial charge < -0.3 is 5.32 Å². The van der Waals surface area contributed by atoms with E-state index in [2.05, 4.69) is 28.2 Å². The van der Waals surface area contributed by atoms with Gasteiger partial charge in [0.2, 0.25) is 5.91 Å². The Morgan fingerprint density at radius 2 is 2.26 bits per heavy atom. The van der Waals surface area contributed by atoms with Crippen molar-refractivity contribution < 1.29 is 9.59 Å². The first kappa shape index (κ1) is 18.2. The second kappa shape index (κ2) is 8.61. The van der Waals surface area contributed by atoms with Crippen molar-refractivity contribution in [1.29, 1.82) is 0 Å². The molecule has 1 N–H and O–H groups in total. The molecule has 1 heterocycles. The molecular weight excluding hydrogens is 396 g/mol. The van der Waals surface area contributed by atoms with Crippen LogP contribution < -0.4 is 5.32 Å². The van der Waals surface area contributed by atoms with E-state index in [0.717, 1.165) is 22.9 Å². The van der Waals surface area contributed by atoms with E-state index in [1.165, 1.54) is 16.7 Å². The van der Waals surface area contributed by atoms with Crippen molar-refractivity contribution in [1.82, 2.24) is 10.2 Å². The van der Waals surface area contributed by atoms with Gasteiger partial charge in [0.05, 0.1) is 4.91 Å². The zero-order valence-corrected chi connectivity index (χ0v) is 15.9. The lowest BCUT2D eigenvalue weighted by Gasteiger charge is -2.13. The third-order valence-corrected chi connectivity index (χ3v) is 5.05. The maximum Gasteiger partial charge on any atom is 0.266 e. The molecule has 1 saturated heterocycles. The number of carbonyl (C=O) groups is 2. The average Bonchev–Trinajstić information content (AvgIpc) is 2.75. The summed E-state index contributed by atoms with van der Waals surface area (Å²) in [5.74, 6) is -0.399. The quantitative estimate of drug-likeness (QED) is 0.440. The highest BCUT2D eigenvalue weighted by molar-refractivity contribution is 9.10. The first-order valence-electron chi connectivity index (χ1n) is 7.29. The van der Waals surface area contributed by atoms with E-state index in [9.17, 15) is 9.59 Å². The number of unbranched alkanes of at least 4 members (excludes halogenated alkanes) is 1. The summed E-state index contributed by atoms with van der Waals surface area (Å²) in [6.07, 6.45) is 3.72. The number of rotatable bonds is 6. The van der Waals surface area contributed by atoms with Crippen molar-refractivity contribution in [3.8, 4) is 0 Å². The molecule has 1 aliphatic rings. The monoisotopic (exact) mass is 412 g/mol. The fourth-order valence-electron chi connectivity index (χ4n) is 1.99. The lowest BCUT2D eigenvalue weighted by molar-refractivity contribution is -0.128. The van der Waals surface area contributed by atoms with Gasteiger partial charge in [-0.3, -0.25) is 14.5 Å². The van der Waals surface area contributed by atoms with E-state index >= 15 is 0 Å². The van der Waals surface area contributed by atoms with Crippen LogP contribution in [0.5, 0.6) is 0 Å². The first-order valence-corrected chi connectivity index (χ1v) is 9.30. The minimum absolute atomic E-state index is 0.0236. The fourth-order valence-corrected chi connectivity index (χ4v) is 3.66. The van der Waals surface area contributed by atoms with E-state index in [1.54, 1.807) is 6.08 Å². The molecule has 1 aliphatic heterocycles. The molecule has 0 aliphatic carbocycles. The first-order chi connectivity index (χ1) is 11.0. The largest absolute Gasteiger partial charge is 0.355 e. The van der Waals surface area contributed by atoms with Gasteiger partial charge in [0.15, 0.2) is 0 Å². The molecule has 2 amide bonds. The number of thioether (sulfide) groups is 1. The van der Waals surface area contributed by atoms with Gasteiger partial charge in [-0.25, -0.2) is 0 Å². The molecule has 4 nitrogen and oxygen atoms in total. The molecule has 0 atom stereocenters. The van der Waals surface area contributed by atoms with Crippen LogP contribution in [-0.4, -0.2) is 34.1 Å². The molecule has 0 aromatic heterocycles. The van der Waals surface area contributed by atoms with Crippen LogP contribution in [0.1, 0.15) is 25.3 Å². The summed E-state index contributed by atoms with van der Waals surface area (Å²) in [7, 11) is 0. The number of nitrogens with zero attached hydrogens (tertiary/aromatic N) is 1. The van der Waals surface area contributed by atoms with Crippen LogP contribution in [0.3, 0.4) is 0 Å². The van der Waals surface area contributed by atoms with Crippen molar-refractivity contribution in [3.63, 3.8) is 0 Å². The molecule has 2 rings (SSSR count). The third-order valence-electron chi connectivity index (χ3n) is 3.17. The van der Waals surface area contributed by atoms with E-state index in [-0.39, 0.29) is 18.4 Å². The molecule has 7 heteroatoms. The maximum absolute atomic E-state index is 12.4. The number of hydrogen-bond acceptors (Lipinski definition) is 4. The fraction of sp³-hybridized carbons (Fsp3) is 0.312. The van der Waals surface area contributed by atoms with Crippen LogP contribution in [0.25, 0.3) is 6.08 Å². The molecular formula is C16H17BrN2O2S2. The summed E-state index contributed by atoms with van der Waals surface area (Å²) in [6, 6.07) is 7.65. The van der Waals surface area contributed by atoms with Gasteiger partial charge >= 0.3 is 0 Å². The predicted octanol–water partition coefficient (Wildman–Crippen LogP) is 3.57. The van der Waals surface area contributed by atoms with Gasteiger partial charge in [-0.15, -0.1) is 0 Å². The van der Waals surface area contributed by atoms with Gasteiger partial charge in [-0.2, -0.15) is 0 Å². The Morgan fingerprint density at radius 1 is 1.48 bits per heavy atom. The molecule has 0 saturated carbocycles. The van der Waals surface area contributed by atoms with Crippen LogP contribution in [0.4, 0.5) is 0 Å². The Morgan fingerprint density at radius 3 is 2.96 bits per heavy atom. The highest BCUT2D eigenvalue weighted by Gasteiger charge is 2.33. The number of nitrogens with one attached hydrogen (secondary N) is 1. The van der Waals surface area contributed by atoms with Gasteiger partial charge in [0.1, 0.15) is 10.9 Å². The Hall–Kier alpha value is -1.18. The Bertz CT molecular complexity index is 661. The van der Waals surface area contributed by atoms with Gasteiger partial charge in [-0.05, 0) is 30.2 Å². The smallest absolute Gasteiger partial charge is 0.266 e. The molecule has 1 aromatic rings. The van der Waals surface area contributed by atoms with Crippen molar-refractivity contribution in [3.05, 3.63) is 39.2 Å². The number of carbonyl (C=O) groups excluding carboxylic acids is 2. The molecule has 1 fully saturated rings. The van der Waals surface area contributed by atoms with E-state index in [1.807, 2.05) is 24.3 Å². The molecule has 1 aromatic carbocycles. The lowest BCUT2D eigenvalue weighted by Crippen LogP contribution is -2.39. The predicted molar refractivity (Wildman–Crippen MR) is 102 cm³/mol. The van der Waals surface area contributed by atoms with Gasteiger partial charge in [-0.1, -0.05) is 65.4 Å². The number of thiocarbonyl (C=S) groups is 1. The van der Waals surface area contributed by atoms with Crippen molar-refractivity contribution >= 4 is 62.1 Å². The van der Waals surface area contributed by atoms with Crippen LogP contribution in [0.15, 0.2) is 33.6 Å². The molecule has 0 spiro atoms. The number of benzene rings is 1. The van der Waals surface area contributed by atoms with Crippen LogP contribution in [-0.2, 0) is 9.59 Å². The SMILES string of the molecule is CCCCNC(=O)CN1C(=O)C(=Cc2cccc(Br)c2)SC1=S. The van der Waals surface area contributed by atoms with Gasteiger partial charge in [0, 0.05) is 11.0 Å². The minimum Gasteiger partial charge on any atom is -0.355 e. The number of halogens is 1.